The molecule has 0 fully saturated rings. The molecule has 0 unspecified atom stereocenters. The molecule has 6 heteroatoms. The van der Waals surface area contributed by atoms with Crippen LogP contribution in [0.4, 0.5) is 0 Å². The fourth-order valence-electron chi connectivity index (χ4n) is 3.88. The van der Waals surface area contributed by atoms with E-state index in [-0.39, 0.29) is 31.9 Å². The normalized spacial score (nSPS) is 11.3. The van der Waals surface area contributed by atoms with Crippen molar-refractivity contribution in [3.8, 4) is 11.1 Å². The number of furan rings is 1. The largest absolute Gasteiger partial charge is 0.461 e. The van der Waals surface area contributed by atoms with Crippen molar-refractivity contribution >= 4 is 27.8 Å². The molecule has 4 aromatic rings. The molecule has 0 radical (unpaired) electrons. The van der Waals surface area contributed by atoms with Gasteiger partial charge in [0.1, 0.15) is 16.9 Å². The van der Waals surface area contributed by atoms with Gasteiger partial charge in [0.2, 0.25) is 5.91 Å². The summed E-state index contributed by atoms with van der Waals surface area (Å²) in [7, 11) is 0. The van der Waals surface area contributed by atoms with E-state index in [1.807, 2.05) is 50.2 Å². The third-order valence-electron chi connectivity index (χ3n) is 5.37. The number of hydrogen-bond donors (Lipinski definition) is 2. The van der Waals surface area contributed by atoms with Gasteiger partial charge in [0.05, 0.1) is 6.61 Å². The van der Waals surface area contributed by atoms with Crippen molar-refractivity contribution in [3.63, 3.8) is 0 Å². The summed E-state index contributed by atoms with van der Waals surface area (Å²) in [5, 5.41) is 13.2. The van der Waals surface area contributed by atoms with E-state index in [4.69, 9.17) is 13.9 Å². The molecule has 0 aliphatic carbocycles. The topological polar surface area (TPSA) is 92.7 Å². The average Bonchev–Trinajstić information content (AvgIpc) is 3.06. The number of amides is 1. The molecule has 4 rings (SSSR count). The highest BCUT2D eigenvalue weighted by Crippen LogP contribution is 2.37. The van der Waals surface area contributed by atoms with Crippen molar-refractivity contribution in [2.75, 3.05) is 13.2 Å². The van der Waals surface area contributed by atoms with Gasteiger partial charge >= 0.3 is 5.63 Å². The Morgan fingerprint density at radius 3 is 2.50 bits per heavy atom. The van der Waals surface area contributed by atoms with Gasteiger partial charge < -0.3 is 19.3 Å². The van der Waals surface area contributed by atoms with Crippen molar-refractivity contribution < 1.29 is 18.7 Å². The summed E-state index contributed by atoms with van der Waals surface area (Å²) in [5.74, 6) is 0.586. The number of carbonyl (C=O) groups excluding carboxylic acids is 1. The quantitative estimate of drug-likeness (QED) is 0.475. The van der Waals surface area contributed by atoms with Crippen LogP contribution in [-0.4, -0.2) is 24.2 Å². The first-order valence-corrected chi connectivity index (χ1v) is 9.92. The first-order valence-electron chi connectivity index (χ1n) is 9.92. The number of rotatable bonds is 6. The molecule has 154 valence electrons. The molecule has 2 aromatic heterocycles. The van der Waals surface area contributed by atoms with Crippen LogP contribution < -0.4 is 10.9 Å². The van der Waals surface area contributed by atoms with Gasteiger partial charge in [0.25, 0.3) is 0 Å². The molecule has 6 nitrogen and oxygen atoms in total. The fraction of sp³-hybridized carbons (Fsp3) is 0.250. The number of benzene rings is 2. The van der Waals surface area contributed by atoms with E-state index in [2.05, 4.69) is 5.32 Å². The number of nitrogens with one attached hydrogen (secondary N) is 1. The van der Waals surface area contributed by atoms with Crippen LogP contribution in [0, 0.1) is 13.8 Å². The molecule has 0 atom stereocenters. The van der Waals surface area contributed by atoms with E-state index < -0.39 is 5.63 Å². The third kappa shape index (κ3) is 3.62. The first kappa shape index (κ1) is 19.9. The van der Waals surface area contributed by atoms with Crippen LogP contribution in [0.1, 0.15) is 23.3 Å². The first-order chi connectivity index (χ1) is 14.5. The van der Waals surface area contributed by atoms with Gasteiger partial charge in [0, 0.05) is 40.9 Å². The smallest absolute Gasteiger partial charge is 0.339 e. The third-order valence-corrected chi connectivity index (χ3v) is 5.37. The van der Waals surface area contributed by atoms with E-state index in [0.717, 1.165) is 33.2 Å². The van der Waals surface area contributed by atoms with Crippen LogP contribution in [0.25, 0.3) is 33.1 Å². The molecule has 0 spiro atoms. The van der Waals surface area contributed by atoms with E-state index >= 15 is 0 Å². The molecule has 30 heavy (non-hydrogen) atoms. The van der Waals surface area contributed by atoms with Crippen LogP contribution in [0.2, 0.25) is 0 Å². The lowest BCUT2D eigenvalue weighted by atomic mass is 9.98. The van der Waals surface area contributed by atoms with E-state index in [9.17, 15) is 9.59 Å². The van der Waals surface area contributed by atoms with E-state index in [1.54, 1.807) is 6.07 Å². The number of carbonyl (C=O) groups is 1. The van der Waals surface area contributed by atoms with E-state index in [0.29, 0.717) is 16.7 Å². The molecule has 0 aliphatic rings. The van der Waals surface area contributed by atoms with Gasteiger partial charge in [-0.1, -0.05) is 30.3 Å². The molecular weight excluding hydrogens is 382 g/mol. The molecule has 2 heterocycles. The summed E-state index contributed by atoms with van der Waals surface area (Å²) in [6.45, 7) is 3.88. The highest BCUT2D eigenvalue weighted by molar-refractivity contribution is 6.03. The summed E-state index contributed by atoms with van der Waals surface area (Å²) < 4.78 is 11.5. The van der Waals surface area contributed by atoms with Gasteiger partial charge in [-0.15, -0.1) is 0 Å². The summed E-state index contributed by atoms with van der Waals surface area (Å²) >= 11 is 0. The van der Waals surface area contributed by atoms with Gasteiger partial charge in [0.15, 0.2) is 0 Å². The highest BCUT2D eigenvalue weighted by Gasteiger charge is 2.18. The zero-order valence-electron chi connectivity index (χ0n) is 17.0. The molecular formula is C24H23NO5. The molecule has 1 amide bonds. The summed E-state index contributed by atoms with van der Waals surface area (Å²) in [6, 6.07) is 13.8. The Morgan fingerprint density at radius 2 is 1.77 bits per heavy atom. The molecule has 0 bridgehead atoms. The van der Waals surface area contributed by atoms with Gasteiger partial charge in [-0.3, -0.25) is 4.79 Å². The lowest BCUT2D eigenvalue weighted by Gasteiger charge is -2.08. The Balaban J connectivity index is 1.81. The monoisotopic (exact) mass is 405 g/mol. The lowest BCUT2D eigenvalue weighted by molar-refractivity contribution is -0.121. The second kappa shape index (κ2) is 8.16. The van der Waals surface area contributed by atoms with Crippen molar-refractivity contribution in [1.82, 2.24) is 5.32 Å². The van der Waals surface area contributed by atoms with Gasteiger partial charge in [-0.05, 0) is 37.5 Å². The van der Waals surface area contributed by atoms with Crippen LogP contribution in [0.15, 0.2) is 56.1 Å². The van der Waals surface area contributed by atoms with Crippen molar-refractivity contribution in [1.29, 1.82) is 0 Å². The maximum absolute atomic E-state index is 12.5. The number of aliphatic hydroxyl groups is 1. The predicted molar refractivity (Wildman–Crippen MR) is 116 cm³/mol. The van der Waals surface area contributed by atoms with Crippen LogP contribution in [0.5, 0.6) is 0 Å². The standard InChI is InChI=1S/C24H23NO5/c1-14-17(8-9-22(27)25-10-11-26)24(28)30-20-13-21-19(12-18(14)20)23(15(2)29-21)16-6-4-3-5-7-16/h3-7,12-13,26H,8-11H2,1-2H3,(H,25,27). The van der Waals surface area contributed by atoms with Crippen molar-refractivity contribution in [2.24, 2.45) is 0 Å². The average molecular weight is 405 g/mol. The minimum absolute atomic E-state index is 0.118. The molecule has 0 saturated heterocycles. The summed E-state index contributed by atoms with van der Waals surface area (Å²) in [5.41, 5.74) is 4.05. The number of hydrogen-bond acceptors (Lipinski definition) is 5. The SMILES string of the molecule is Cc1oc2cc3oc(=O)c(CCC(=O)NCCO)c(C)c3cc2c1-c1ccccc1. The van der Waals surface area contributed by atoms with Crippen LogP contribution >= 0.6 is 0 Å². The summed E-state index contributed by atoms with van der Waals surface area (Å²) in [4.78, 5) is 24.4. The maximum Gasteiger partial charge on any atom is 0.339 e. The Hall–Kier alpha value is -3.38. The molecule has 0 saturated carbocycles. The number of aryl methyl sites for hydroxylation is 2. The minimum Gasteiger partial charge on any atom is -0.461 e. The second-order valence-corrected chi connectivity index (χ2v) is 7.31. The number of aliphatic hydroxyl groups excluding tert-OH is 1. The predicted octanol–water partition coefficient (Wildman–Crippen LogP) is 3.86. The second-order valence-electron chi connectivity index (χ2n) is 7.31. The summed E-state index contributed by atoms with van der Waals surface area (Å²) in [6.07, 6.45) is 0.425. The van der Waals surface area contributed by atoms with Crippen LogP contribution in [0.3, 0.4) is 0 Å². The van der Waals surface area contributed by atoms with E-state index in [1.165, 1.54) is 0 Å². The Bertz CT molecular complexity index is 1280. The Kier molecular flexibility index (Phi) is 5.42. The fourth-order valence-corrected chi connectivity index (χ4v) is 3.88. The van der Waals surface area contributed by atoms with Crippen LogP contribution in [-0.2, 0) is 11.2 Å². The molecule has 2 N–H and O–H groups in total. The minimum atomic E-state index is -0.444. The number of fused-ring (bicyclic) bond motifs is 2. The van der Waals surface area contributed by atoms with Crippen molar-refractivity contribution in [3.05, 3.63) is 69.8 Å². The lowest BCUT2D eigenvalue weighted by Crippen LogP contribution is -2.27. The maximum atomic E-state index is 12.5. The zero-order valence-corrected chi connectivity index (χ0v) is 17.0. The molecule has 0 aliphatic heterocycles. The zero-order chi connectivity index (χ0) is 21.3. The van der Waals surface area contributed by atoms with Gasteiger partial charge in [-0.2, -0.15) is 0 Å². The Morgan fingerprint density at radius 1 is 1.03 bits per heavy atom. The van der Waals surface area contributed by atoms with Gasteiger partial charge in [-0.25, -0.2) is 4.79 Å². The highest BCUT2D eigenvalue weighted by atomic mass is 16.4. The van der Waals surface area contributed by atoms with Crippen molar-refractivity contribution in [2.45, 2.75) is 26.7 Å². The molecule has 2 aromatic carbocycles. The Labute approximate surface area is 173 Å².